The lowest BCUT2D eigenvalue weighted by Gasteiger charge is -2.23. The number of benzene rings is 1. The summed E-state index contributed by atoms with van der Waals surface area (Å²) in [5.41, 5.74) is -0.782. The van der Waals surface area contributed by atoms with Crippen molar-refractivity contribution >= 4 is 33.6 Å². The highest BCUT2D eigenvalue weighted by Gasteiger charge is 2.48. The maximum absolute atomic E-state index is 12.6. The molecular weight excluding hydrogens is 384 g/mol. The Labute approximate surface area is 165 Å². The number of nitrogens with one attached hydrogen (secondary N) is 2. The molecule has 1 fully saturated rings. The molecule has 9 nitrogen and oxygen atoms in total. The van der Waals surface area contributed by atoms with Crippen LogP contribution in [0, 0.1) is 5.92 Å². The number of amides is 4. The lowest BCUT2D eigenvalue weighted by molar-refractivity contribution is -0.133. The second kappa shape index (κ2) is 7.88. The van der Waals surface area contributed by atoms with Crippen molar-refractivity contribution in [2.45, 2.75) is 37.6 Å². The van der Waals surface area contributed by atoms with E-state index in [-0.39, 0.29) is 16.5 Å². The molecule has 0 aromatic heterocycles. The van der Waals surface area contributed by atoms with Crippen molar-refractivity contribution in [2.24, 2.45) is 5.92 Å². The first kappa shape index (κ1) is 21.8. The highest BCUT2D eigenvalue weighted by atomic mass is 32.2. The van der Waals surface area contributed by atoms with Crippen molar-refractivity contribution in [1.82, 2.24) is 14.5 Å². The molecule has 0 aliphatic carbocycles. The van der Waals surface area contributed by atoms with Gasteiger partial charge in [0.15, 0.2) is 0 Å². The van der Waals surface area contributed by atoms with Gasteiger partial charge in [-0.05, 0) is 37.5 Å². The molecule has 2 rings (SSSR count). The van der Waals surface area contributed by atoms with Crippen LogP contribution < -0.4 is 10.6 Å². The average molecular weight is 410 g/mol. The molecule has 0 bridgehead atoms. The molecule has 10 heteroatoms. The first-order chi connectivity index (χ1) is 12.9. The summed E-state index contributed by atoms with van der Waals surface area (Å²) >= 11 is 0. The number of imide groups is 1. The van der Waals surface area contributed by atoms with Crippen LogP contribution in [0.3, 0.4) is 0 Å². The third-order valence-electron chi connectivity index (χ3n) is 4.36. The zero-order valence-electron chi connectivity index (χ0n) is 16.6. The molecule has 1 unspecified atom stereocenters. The fraction of sp³-hybridized carbons (Fsp3) is 0.500. The first-order valence-electron chi connectivity index (χ1n) is 8.83. The van der Waals surface area contributed by atoms with E-state index in [2.05, 4.69) is 10.6 Å². The van der Waals surface area contributed by atoms with Crippen LogP contribution in [-0.4, -0.2) is 61.6 Å². The van der Waals surface area contributed by atoms with E-state index in [4.69, 9.17) is 0 Å². The molecule has 1 saturated heterocycles. The second-order valence-corrected chi connectivity index (χ2v) is 9.77. The number of nitrogens with zero attached hydrogens (tertiary/aromatic N) is 2. The molecule has 154 valence electrons. The summed E-state index contributed by atoms with van der Waals surface area (Å²) in [6.45, 7) is 5.06. The van der Waals surface area contributed by atoms with Gasteiger partial charge in [0.05, 0.1) is 4.90 Å². The van der Waals surface area contributed by atoms with E-state index in [1.807, 2.05) is 13.8 Å². The summed E-state index contributed by atoms with van der Waals surface area (Å²) in [4.78, 5) is 38.0. The van der Waals surface area contributed by atoms with Crippen LogP contribution in [0.4, 0.5) is 10.5 Å². The fourth-order valence-electron chi connectivity index (χ4n) is 3.13. The van der Waals surface area contributed by atoms with Crippen LogP contribution in [0.5, 0.6) is 0 Å². The summed E-state index contributed by atoms with van der Waals surface area (Å²) in [6.07, 6.45) is 0.458. The largest absolute Gasteiger partial charge is 0.325 e. The maximum Gasteiger partial charge on any atom is 0.325 e. The lowest BCUT2D eigenvalue weighted by atomic mass is 9.91. The molecule has 0 saturated carbocycles. The van der Waals surface area contributed by atoms with Gasteiger partial charge in [0.25, 0.3) is 5.91 Å². The fourth-order valence-corrected chi connectivity index (χ4v) is 4.08. The number of carbonyl (C=O) groups is 3. The molecule has 2 N–H and O–H groups in total. The molecule has 0 spiro atoms. The molecule has 1 aliphatic rings. The lowest BCUT2D eigenvalue weighted by Crippen LogP contribution is -2.45. The van der Waals surface area contributed by atoms with Gasteiger partial charge in [-0.1, -0.05) is 19.9 Å². The quantitative estimate of drug-likeness (QED) is 0.656. The highest BCUT2D eigenvalue weighted by molar-refractivity contribution is 7.89. The minimum absolute atomic E-state index is 0.0230. The van der Waals surface area contributed by atoms with Crippen molar-refractivity contribution in [1.29, 1.82) is 0 Å². The van der Waals surface area contributed by atoms with E-state index in [1.54, 1.807) is 6.92 Å². The monoisotopic (exact) mass is 410 g/mol. The van der Waals surface area contributed by atoms with Crippen LogP contribution >= 0.6 is 0 Å². The van der Waals surface area contributed by atoms with E-state index < -0.39 is 40.0 Å². The zero-order chi connectivity index (χ0) is 21.3. The van der Waals surface area contributed by atoms with Crippen LogP contribution in [0.25, 0.3) is 0 Å². The van der Waals surface area contributed by atoms with Crippen molar-refractivity contribution < 1.29 is 22.8 Å². The molecule has 1 heterocycles. The van der Waals surface area contributed by atoms with Gasteiger partial charge in [-0.15, -0.1) is 0 Å². The summed E-state index contributed by atoms with van der Waals surface area (Å²) in [5.74, 6) is -0.869. The number of urea groups is 1. The second-order valence-electron chi connectivity index (χ2n) is 7.61. The highest BCUT2D eigenvalue weighted by Crippen LogP contribution is 2.25. The van der Waals surface area contributed by atoms with Gasteiger partial charge in [-0.3, -0.25) is 14.5 Å². The van der Waals surface area contributed by atoms with Gasteiger partial charge in [0.1, 0.15) is 12.1 Å². The Morgan fingerprint density at radius 1 is 1.29 bits per heavy atom. The zero-order valence-corrected chi connectivity index (χ0v) is 17.5. The van der Waals surface area contributed by atoms with Gasteiger partial charge in [0.2, 0.25) is 15.9 Å². The molecule has 1 aromatic carbocycles. The average Bonchev–Trinajstić information content (AvgIpc) is 2.77. The first-order valence-corrected chi connectivity index (χ1v) is 10.3. The van der Waals surface area contributed by atoms with Gasteiger partial charge < -0.3 is 10.6 Å². The Morgan fingerprint density at radius 3 is 2.50 bits per heavy atom. The predicted molar refractivity (Wildman–Crippen MR) is 104 cm³/mol. The standard InChI is InChI=1S/C18H26N4O5S/c1-12(2)10-18(3)16(24)22(17(25)20-18)11-15(23)19-13-7-6-8-14(9-13)28(26,27)21(4)5/h6-9,12H,10-11H2,1-5H3,(H,19,23)(H,20,25). The maximum atomic E-state index is 12.6. The predicted octanol–water partition coefficient (Wildman–Crippen LogP) is 1.23. The van der Waals surface area contributed by atoms with Crippen molar-refractivity contribution in [2.75, 3.05) is 26.0 Å². The van der Waals surface area contributed by atoms with Gasteiger partial charge in [0, 0.05) is 19.8 Å². The topological polar surface area (TPSA) is 116 Å². The van der Waals surface area contributed by atoms with Gasteiger partial charge >= 0.3 is 6.03 Å². The van der Waals surface area contributed by atoms with Crippen molar-refractivity contribution in [3.8, 4) is 0 Å². The van der Waals surface area contributed by atoms with Crippen LogP contribution in [0.2, 0.25) is 0 Å². The molecule has 1 atom stereocenters. The molecule has 28 heavy (non-hydrogen) atoms. The third kappa shape index (κ3) is 4.50. The summed E-state index contributed by atoms with van der Waals surface area (Å²) in [7, 11) is -0.831. The van der Waals surface area contributed by atoms with E-state index in [9.17, 15) is 22.8 Å². The van der Waals surface area contributed by atoms with Crippen LogP contribution in [0.15, 0.2) is 29.2 Å². The summed E-state index contributed by atoms with van der Waals surface area (Å²) in [5, 5.41) is 5.18. The van der Waals surface area contributed by atoms with Crippen molar-refractivity contribution in [3.05, 3.63) is 24.3 Å². The van der Waals surface area contributed by atoms with E-state index >= 15 is 0 Å². The Bertz CT molecular complexity index is 897. The molecular formula is C18H26N4O5S. The Balaban J connectivity index is 2.11. The number of rotatable bonds is 7. The number of anilines is 1. The SMILES string of the molecule is CC(C)CC1(C)NC(=O)N(CC(=O)Nc2cccc(S(=O)(=O)N(C)C)c2)C1=O. The van der Waals surface area contributed by atoms with Gasteiger partial charge in [-0.25, -0.2) is 17.5 Å². The summed E-state index contributed by atoms with van der Waals surface area (Å²) in [6, 6.07) is 5.15. The molecule has 1 aliphatic heterocycles. The number of hydrogen-bond donors (Lipinski definition) is 2. The normalized spacial score (nSPS) is 20.0. The number of carbonyl (C=O) groups excluding carboxylic acids is 3. The summed E-state index contributed by atoms with van der Waals surface area (Å²) < 4.78 is 25.5. The van der Waals surface area contributed by atoms with E-state index in [0.29, 0.717) is 6.42 Å². The Hall–Kier alpha value is -2.46. The van der Waals surface area contributed by atoms with E-state index in [0.717, 1.165) is 9.21 Å². The minimum atomic E-state index is -3.65. The molecule has 4 amide bonds. The van der Waals surface area contributed by atoms with E-state index in [1.165, 1.54) is 38.4 Å². The van der Waals surface area contributed by atoms with Crippen LogP contribution in [0.1, 0.15) is 27.2 Å². The number of hydrogen-bond acceptors (Lipinski definition) is 5. The Kier molecular flexibility index (Phi) is 6.15. The van der Waals surface area contributed by atoms with Gasteiger partial charge in [-0.2, -0.15) is 0 Å². The minimum Gasteiger partial charge on any atom is -0.324 e. The van der Waals surface area contributed by atoms with Crippen molar-refractivity contribution in [3.63, 3.8) is 0 Å². The Morgan fingerprint density at radius 2 is 1.93 bits per heavy atom. The number of sulfonamides is 1. The molecule has 0 radical (unpaired) electrons. The third-order valence-corrected chi connectivity index (χ3v) is 6.17. The smallest absolute Gasteiger partial charge is 0.324 e. The van der Waals surface area contributed by atoms with Crippen LogP contribution in [-0.2, 0) is 19.6 Å². The molecule has 1 aromatic rings.